The number of aromatic nitrogens is 3. The van der Waals surface area contributed by atoms with Gasteiger partial charge in [-0.25, -0.2) is 15.0 Å². The second-order valence-corrected chi connectivity index (χ2v) is 3.17. The standard InChI is InChI=1S/C10H12N4O/c1-8-13-3-2-9(14-8)4-11-5-10-6-12-7-15-10/h2-3,6-7,11H,4-5H2,1H3. The number of nitrogens with zero attached hydrogens (tertiary/aromatic N) is 3. The van der Waals surface area contributed by atoms with Gasteiger partial charge in [-0.2, -0.15) is 0 Å². The Morgan fingerprint density at radius 1 is 1.40 bits per heavy atom. The number of rotatable bonds is 4. The second-order valence-electron chi connectivity index (χ2n) is 3.17. The van der Waals surface area contributed by atoms with Gasteiger partial charge in [0.1, 0.15) is 11.6 Å². The number of nitrogens with one attached hydrogen (secondary N) is 1. The highest BCUT2D eigenvalue weighted by Crippen LogP contribution is 1.97. The zero-order valence-electron chi connectivity index (χ0n) is 8.47. The molecule has 0 amide bonds. The Kier molecular flexibility index (Phi) is 3.04. The summed E-state index contributed by atoms with van der Waals surface area (Å²) in [4.78, 5) is 12.1. The third-order valence-electron chi connectivity index (χ3n) is 1.92. The second kappa shape index (κ2) is 4.65. The van der Waals surface area contributed by atoms with E-state index < -0.39 is 0 Å². The molecule has 0 spiro atoms. The van der Waals surface area contributed by atoms with Gasteiger partial charge in [0.2, 0.25) is 0 Å². The Morgan fingerprint density at radius 2 is 2.33 bits per heavy atom. The Balaban J connectivity index is 1.83. The molecule has 0 aliphatic carbocycles. The lowest BCUT2D eigenvalue weighted by Crippen LogP contribution is -2.13. The van der Waals surface area contributed by atoms with E-state index in [1.54, 1.807) is 12.4 Å². The first kappa shape index (κ1) is 9.79. The fraction of sp³-hybridized carbons (Fsp3) is 0.300. The van der Waals surface area contributed by atoms with E-state index in [0.29, 0.717) is 13.1 Å². The average Bonchev–Trinajstić information content (AvgIpc) is 2.71. The van der Waals surface area contributed by atoms with Crippen molar-refractivity contribution < 1.29 is 4.42 Å². The van der Waals surface area contributed by atoms with Crippen molar-refractivity contribution in [2.45, 2.75) is 20.0 Å². The molecule has 0 fully saturated rings. The van der Waals surface area contributed by atoms with Gasteiger partial charge in [0.15, 0.2) is 6.39 Å². The third kappa shape index (κ3) is 2.85. The predicted octanol–water partition coefficient (Wildman–Crippen LogP) is 1.06. The van der Waals surface area contributed by atoms with Gasteiger partial charge < -0.3 is 9.73 Å². The van der Waals surface area contributed by atoms with E-state index in [0.717, 1.165) is 17.3 Å². The smallest absolute Gasteiger partial charge is 0.180 e. The van der Waals surface area contributed by atoms with Crippen molar-refractivity contribution >= 4 is 0 Å². The van der Waals surface area contributed by atoms with Crippen LogP contribution in [0.3, 0.4) is 0 Å². The van der Waals surface area contributed by atoms with Gasteiger partial charge in [0.05, 0.1) is 18.4 Å². The van der Waals surface area contributed by atoms with Gasteiger partial charge in [-0.15, -0.1) is 0 Å². The molecule has 1 N–H and O–H groups in total. The first-order valence-corrected chi connectivity index (χ1v) is 4.71. The van der Waals surface area contributed by atoms with Crippen LogP contribution < -0.4 is 5.32 Å². The summed E-state index contributed by atoms with van der Waals surface area (Å²) in [5, 5.41) is 3.21. The quantitative estimate of drug-likeness (QED) is 0.806. The third-order valence-corrected chi connectivity index (χ3v) is 1.92. The highest BCUT2D eigenvalue weighted by atomic mass is 16.3. The fourth-order valence-electron chi connectivity index (χ4n) is 1.25. The Hall–Kier alpha value is -1.75. The molecule has 0 atom stereocenters. The Bertz CT molecular complexity index is 413. The van der Waals surface area contributed by atoms with Crippen LogP contribution in [0.5, 0.6) is 0 Å². The number of hydrogen-bond donors (Lipinski definition) is 1. The van der Waals surface area contributed by atoms with Crippen molar-refractivity contribution in [2.24, 2.45) is 0 Å². The minimum Gasteiger partial charge on any atom is -0.447 e. The Labute approximate surface area is 87.6 Å². The van der Waals surface area contributed by atoms with Gasteiger partial charge >= 0.3 is 0 Å². The molecular weight excluding hydrogens is 192 g/mol. The number of oxazole rings is 1. The van der Waals surface area contributed by atoms with Crippen LogP contribution in [0.2, 0.25) is 0 Å². The van der Waals surface area contributed by atoms with Gasteiger partial charge in [-0.05, 0) is 13.0 Å². The summed E-state index contributed by atoms with van der Waals surface area (Å²) in [5.41, 5.74) is 0.974. The first-order valence-electron chi connectivity index (χ1n) is 4.71. The zero-order chi connectivity index (χ0) is 10.5. The maximum absolute atomic E-state index is 5.09. The first-order chi connectivity index (χ1) is 7.34. The van der Waals surface area contributed by atoms with Gasteiger partial charge in [-0.1, -0.05) is 0 Å². The number of hydrogen-bond acceptors (Lipinski definition) is 5. The van der Waals surface area contributed by atoms with Crippen LogP contribution in [0.1, 0.15) is 17.3 Å². The molecule has 78 valence electrons. The van der Waals surface area contributed by atoms with Crippen molar-refractivity contribution in [3.8, 4) is 0 Å². The maximum atomic E-state index is 5.09. The van der Waals surface area contributed by atoms with E-state index in [4.69, 9.17) is 4.42 Å². The predicted molar refractivity (Wildman–Crippen MR) is 53.8 cm³/mol. The lowest BCUT2D eigenvalue weighted by Gasteiger charge is -2.02. The summed E-state index contributed by atoms with van der Waals surface area (Å²) < 4.78 is 5.09. The molecule has 0 aromatic carbocycles. The van der Waals surface area contributed by atoms with Crippen molar-refractivity contribution in [1.82, 2.24) is 20.3 Å². The van der Waals surface area contributed by atoms with Crippen LogP contribution in [0, 0.1) is 6.92 Å². The summed E-state index contributed by atoms with van der Waals surface area (Å²) in [6.45, 7) is 3.23. The van der Waals surface area contributed by atoms with Gasteiger partial charge in [-0.3, -0.25) is 0 Å². The minimum atomic E-state index is 0.656. The lowest BCUT2D eigenvalue weighted by molar-refractivity contribution is 0.477. The molecule has 0 saturated carbocycles. The van der Waals surface area contributed by atoms with Crippen LogP contribution >= 0.6 is 0 Å². The largest absolute Gasteiger partial charge is 0.447 e. The summed E-state index contributed by atoms with van der Waals surface area (Å²) in [6.07, 6.45) is 4.87. The number of aryl methyl sites for hydroxylation is 1. The topological polar surface area (TPSA) is 63.8 Å². The molecule has 5 heteroatoms. The van der Waals surface area contributed by atoms with Gasteiger partial charge in [0.25, 0.3) is 0 Å². The molecular formula is C10H12N4O. The van der Waals surface area contributed by atoms with E-state index in [9.17, 15) is 0 Å². The highest BCUT2D eigenvalue weighted by molar-refractivity contribution is 5.01. The van der Waals surface area contributed by atoms with E-state index >= 15 is 0 Å². The summed E-state index contributed by atoms with van der Waals surface area (Å²) in [7, 11) is 0. The molecule has 2 heterocycles. The monoisotopic (exact) mass is 204 g/mol. The fourth-order valence-corrected chi connectivity index (χ4v) is 1.25. The zero-order valence-corrected chi connectivity index (χ0v) is 8.47. The van der Waals surface area contributed by atoms with Crippen LogP contribution in [-0.4, -0.2) is 15.0 Å². The van der Waals surface area contributed by atoms with Crippen molar-refractivity contribution in [3.05, 3.63) is 42.1 Å². The van der Waals surface area contributed by atoms with E-state index in [2.05, 4.69) is 20.3 Å². The summed E-state index contributed by atoms with van der Waals surface area (Å²) in [6, 6.07) is 1.89. The highest BCUT2D eigenvalue weighted by Gasteiger charge is 1.97. The Morgan fingerprint density at radius 3 is 3.07 bits per heavy atom. The van der Waals surface area contributed by atoms with Crippen molar-refractivity contribution in [3.63, 3.8) is 0 Å². The summed E-state index contributed by atoms with van der Waals surface area (Å²) >= 11 is 0. The SMILES string of the molecule is Cc1nccc(CNCc2cnco2)n1. The molecule has 0 saturated heterocycles. The molecule has 2 aromatic rings. The molecule has 0 bridgehead atoms. The van der Waals surface area contributed by atoms with Crippen molar-refractivity contribution in [1.29, 1.82) is 0 Å². The minimum absolute atomic E-state index is 0.656. The summed E-state index contributed by atoms with van der Waals surface area (Å²) in [5.74, 6) is 1.61. The van der Waals surface area contributed by atoms with E-state index in [1.807, 2.05) is 13.0 Å². The van der Waals surface area contributed by atoms with Crippen LogP contribution in [0.25, 0.3) is 0 Å². The average molecular weight is 204 g/mol. The van der Waals surface area contributed by atoms with Crippen LogP contribution in [0.15, 0.2) is 29.3 Å². The molecule has 15 heavy (non-hydrogen) atoms. The molecule has 5 nitrogen and oxygen atoms in total. The normalized spacial score (nSPS) is 10.5. The van der Waals surface area contributed by atoms with E-state index in [1.165, 1.54) is 6.39 Å². The van der Waals surface area contributed by atoms with Crippen molar-refractivity contribution in [2.75, 3.05) is 0 Å². The van der Waals surface area contributed by atoms with Crippen LogP contribution in [-0.2, 0) is 13.1 Å². The maximum Gasteiger partial charge on any atom is 0.180 e. The lowest BCUT2D eigenvalue weighted by atomic mass is 10.4. The molecule has 0 radical (unpaired) electrons. The van der Waals surface area contributed by atoms with Crippen LogP contribution in [0.4, 0.5) is 0 Å². The molecule has 0 aliphatic rings. The molecule has 2 rings (SSSR count). The van der Waals surface area contributed by atoms with E-state index in [-0.39, 0.29) is 0 Å². The molecule has 0 unspecified atom stereocenters. The van der Waals surface area contributed by atoms with Gasteiger partial charge in [0, 0.05) is 12.7 Å². The molecule has 0 aliphatic heterocycles. The molecule has 2 aromatic heterocycles.